The van der Waals surface area contributed by atoms with Crippen LogP contribution in [0, 0.1) is 23.7 Å². The first-order valence-electron chi connectivity index (χ1n) is 5.80. The van der Waals surface area contributed by atoms with Gasteiger partial charge in [-0.2, -0.15) is 0 Å². The number of fused-ring (bicyclic) bond motifs is 5. The van der Waals surface area contributed by atoms with Gasteiger partial charge in [0.25, 0.3) is 0 Å². The van der Waals surface area contributed by atoms with Gasteiger partial charge in [0.15, 0.2) is 0 Å². The number of allylic oxidation sites excluding steroid dienone is 2. The Bertz CT molecular complexity index is 425. The maximum absolute atomic E-state index is 12.1. The molecule has 2 aliphatic carbocycles. The molecule has 5 nitrogen and oxygen atoms in total. The van der Waals surface area contributed by atoms with E-state index in [1.165, 1.54) is 6.92 Å². The van der Waals surface area contributed by atoms with E-state index in [0.29, 0.717) is 0 Å². The summed E-state index contributed by atoms with van der Waals surface area (Å²) in [6, 6.07) is -1.06. The normalized spacial score (nSPS) is 39.9. The van der Waals surface area contributed by atoms with Crippen LogP contribution >= 0.6 is 0 Å². The number of carbonyl (C=O) groups excluding carboxylic acids is 2. The van der Waals surface area contributed by atoms with E-state index >= 15 is 0 Å². The third kappa shape index (κ3) is 1.16. The fraction of sp³-hybridized carbons (Fsp3) is 0.583. The van der Waals surface area contributed by atoms with Crippen LogP contribution in [0.1, 0.15) is 13.3 Å². The lowest BCUT2D eigenvalue weighted by Gasteiger charge is -2.20. The minimum Gasteiger partial charge on any atom is -0.480 e. The van der Waals surface area contributed by atoms with Gasteiger partial charge < -0.3 is 5.11 Å². The molecule has 5 heteroatoms. The van der Waals surface area contributed by atoms with Crippen LogP contribution in [-0.4, -0.2) is 33.8 Å². The summed E-state index contributed by atoms with van der Waals surface area (Å²) in [5, 5.41) is 8.93. The number of amides is 2. The summed E-state index contributed by atoms with van der Waals surface area (Å²) in [6.07, 6.45) is 4.85. The molecule has 3 aliphatic rings. The molecule has 1 aliphatic heterocycles. The van der Waals surface area contributed by atoms with E-state index in [0.717, 1.165) is 11.3 Å². The minimum absolute atomic E-state index is 0.132. The molecular weight excluding hydrogens is 222 g/mol. The van der Waals surface area contributed by atoms with Gasteiger partial charge in [-0.15, -0.1) is 0 Å². The van der Waals surface area contributed by atoms with Gasteiger partial charge >= 0.3 is 5.97 Å². The second-order valence-electron chi connectivity index (χ2n) is 5.06. The number of carboxylic acid groups (broad SMARTS) is 1. The van der Waals surface area contributed by atoms with Gasteiger partial charge in [0, 0.05) is 0 Å². The number of carboxylic acids is 1. The highest BCUT2D eigenvalue weighted by molar-refractivity contribution is 6.08. The van der Waals surface area contributed by atoms with Crippen LogP contribution in [0.25, 0.3) is 0 Å². The van der Waals surface area contributed by atoms with Gasteiger partial charge in [-0.3, -0.25) is 14.5 Å². The largest absolute Gasteiger partial charge is 0.480 e. The number of nitrogens with zero attached hydrogens (tertiary/aromatic N) is 1. The molecule has 2 fully saturated rings. The van der Waals surface area contributed by atoms with Gasteiger partial charge in [0.05, 0.1) is 11.8 Å². The van der Waals surface area contributed by atoms with Crippen molar-refractivity contribution in [2.75, 3.05) is 0 Å². The van der Waals surface area contributed by atoms with Crippen molar-refractivity contribution in [3.8, 4) is 0 Å². The van der Waals surface area contributed by atoms with Crippen LogP contribution in [0.5, 0.6) is 0 Å². The number of hydrogen-bond donors (Lipinski definition) is 1. The van der Waals surface area contributed by atoms with Crippen LogP contribution < -0.4 is 0 Å². The fourth-order valence-electron chi connectivity index (χ4n) is 3.42. The van der Waals surface area contributed by atoms with Crippen molar-refractivity contribution < 1.29 is 19.5 Å². The Morgan fingerprint density at radius 3 is 2.18 bits per heavy atom. The van der Waals surface area contributed by atoms with Crippen molar-refractivity contribution in [2.45, 2.75) is 19.4 Å². The molecule has 17 heavy (non-hydrogen) atoms. The molecule has 2 bridgehead atoms. The van der Waals surface area contributed by atoms with E-state index < -0.39 is 12.0 Å². The third-order valence-electron chi connectivity index (χ3n) is 4.25. The highest BCUT2D eigenvalue weighted by Gasteiger charge is 2.60. The van der Waals surface area contributed by atoms with Crippen molar-refractivity contribution in [1.29, 1.82) is 0 Å². The Morgan fingerprint density at radius 1 is 1.29 bits per heavy atom. The zero-order valence-electron chi connectivity index (χ0n) is 9.37. The molecule has 1 N–H and O–H groups in total. The lowest BCUT2D eigenvalue weighted by Crippen LogP contribution is -2.44. The molecule has 3 rings (SSSR count). The molecule has 0 aromatic rings. The quantitative estimate of drug-likeness (QED) is 0.550. The van der Waals surface area contributed by atoms with Crippen molar-refractivity contribution >= 4 is 17.8 Å². The highest BCUT2D eigenvalue weighted by Crippen LogP contribution is 2.52. The molecule has 0 unspecified atom stereocenters. The van der Waals surface area contributed by atoms with Gasteiger partial charge in [-0.25, -0.2) is 4.79 Å². The Morgan fingerprint density at radius 2 is 1.76 bits per heavy atom. The van der Waals surface area contributed by atoms with Crippen molar-refractivity contribution in [2.24, 2.45) is 23.7 Å². The lowest BCUT2D eigenvalue weighted by molar-refractivity contribution is -0.154. The molecule has 1 saturated heterocycles. The monoisotopic (exact) mass is 235 g/mol. The summed E-state index contributed by atoms with van der Waals surface area (Å²) in [7, 11) is 0. The van der Waals surface area contributed by atoms with E-state index in [9.17, 15) is 14.4 Å². The summed E-state index contributed by atoms with van der Waals surface area (Å²) < 4.78 is 0. The molecule has 5 atom stereocenters. The summed E-state index contributed by atoms with van der Waals surface area (Å²) in [6.45, 7) is 1.38. The number of carbonyl (C=O) groups is 3. The van der Waals surface area contributed by atoms with Gasteiger partial charge in [-0.05, 0) is 25.2 Å². The highest BCUT2D eigenvalue weighted by atomic mass is 16.4. The predicted molar refractivity (Wildman–Crippen MR) is 56.7 cm³/mol. The van der Waals surface area contributed by atoms with E-state index in [4.69, 9.17) is 5.11 Å². The molecule has 0 spiro atoms. The third-order valence-corrected chi connectivity index (χ3v) is 4.25. The summed E-state index contributed by atoms with van der Waals surface area (Å²) in [5.74, 6) is -2.08. The molecule has 1 heterocycles. The van der Waals surface area contributed by atoms with E-state index in [2.05, 4.69) is 0 Å². The average Bonchev–Trinajstić information content (AvgIpc) is 2.92. The summed E-state index contributed by atoms with van der Waals surface area (Å²) in [5.41, 5.74) is 0. The Labute approximate surface area is 98.1 Å². The molecule has 0 aromatic carbocycles. The molecule has 90 valence electrons. The summed E-state index contributed by atoms with van der Waals surface area (Å²) >= 11 is 0. The fourth-order valence-corrected chi connectivity index (χ4v) is 3.42. The van der Waals surface area contributed by atoms with E-state index in [-0.39, 0.29) is 35.5 Å². The molecule has 0 aromatic heterocycles. The average molecular weight is 235 g/mol. The predicted octanol–water partition coefficient (Wildman–Crippen LogP) is 0.267. The number of rotatable bonds is 2. The van der Waals surface area contributed by atoms with Gasteiger partial charge in [0.2, 0.25) is 11.8 Å². The van der Waals surface area contributed by atoms with Gasteiger partial charge in [0.1, 0.15) is 6.04 Å². The summed E-state index contributed by atoms with van der Waals surface area (Å²) in [4.78, 5) is 36.1. The number of likely N-dealkylation sites (tertiary alicyclic amines) is 1. The number of hydrogen-bond acceptors (Lipinski definition) is 3. The SMILES string of the molecule is C[C@H](C(=O)O)N1C(=O)[C@@H]2[C@H](C1=O)[C@H]1C=C[C@@H]2C1. The lowest BCUT2D eigenvalue weighted by atomic mass is 9.85. The standard InChI is InChI=1S/C12H13NO4/c1-5(12(16)17)13-10(14)8-6-2-3-7(4-6)9(8)11(13)15/h2-3,5-9H,4H2,1H3,(H,16,17)/t5-,6-,7+,8+,9-/m1/s1. The zero-order chi connectivity index (χ0) is 12.3. The van der Waals surface area contributed by atoms with Crippen LogP contribution in [-0.2, 0) is 14.4 Å². The molecule has 0 radical (unpaired) electrons. The second-order valence-corrected chi connectivity index (χ2v) is 5.06. The Hall–Kier alpha value is -1.65. The first kappa shape index (κ1) is 10.5. The van der Waals surface area contributed by atoms with Crippen molar-refractivity contribution in [3.63, 3.8) is 0 Å². The smallest absolute Gasteiger partial charge is 0.326 e. The van der Waals surface area contributed by atoms with E-state index in [1.54, 1.807) is 0 Å². The first-order valence-corrected chi connectivity index (χ1v) is 5.80. The van der Waals surface area contributed by atoms with Crippen molar-refractivity contribution in [3.05, 3.63) is 12.2 Å². The molecule has 2 amide bonds. The van der Waals surface area contributed by atoms with Crippen LogP contribution in [0.2, 0.25) is 0 Å². The number of imide groups is 1. The minimum atomic E-state index is -1.13. The maximum atomic E-state index is 12.1. The Balaban J connectivity index is 1.95. The Kier molecular flexibility index (Phi) is 1.97. The van der Waals surface area contributed by atoms with Gasteiger partial charge in [-0.1, -0.05) is 12.2 Å². The molecular formula is C12H13NO4. The second kappa shape index (κ2) is 3.18. The topological polar surface area (TPSA) is 74.7 Å². The van der Waals surface area contributed by atoms with Crippen LogP contribution in [0.3, 0.4) is 0 Å². The zero-order valence-corrected chi connectivity index (χ0v) is 9.37. The maximum Gasteiger partial charge on any atom is 0.326 e. The van der Waals surface area contributed by atoms with Crippen LogP contribution in [0.4, 0.5) is 0 Å². The van der Waals surface area contributed by atoms with Crippen molar-refractivity contribution in [1.82, 2.24) is 4.90 Å². The first-order chi connectivity index (χ1) is 8.02. The van der Waals surface area contributed by atoms with Crippen LogP contribution in [0.15, 0.2) is 12.2 Å². The van der Waals surface area contributed by atoms with E-state index in [1.807, 2.05) is 12.2 Å². The molecule has 1 saturated carbocycles. The number of aliphatic carboxylic acids is 1.